The Hall–Kier alpha value is -0.610. The van der Waals surface area contributed by atoms with Crippen LogP contribution in [-0.2, 0) is 4.79 Å². The second kappa shape index (κ2) is 5.64. The molecular formula is C12H25N3O. The Balaban J connectivity index is 2.33. The number of carbonyl (C=O) groups excluding carboxylic acids is 1. The molecule has 94 valence electrons. The molecule has 1 fully saturated rings. The van der Waals surface area contributed by atoms with Gasteiger partial charge in [-0.1, -0.05) is 6.92 Å². The summed E-state index contributed by atoms with van der Waals surface area (Å²) in [5.41, 5.74) is 5.78. The minimum atomic E-state index is -0.102. The lowest BCUT2D eigenvalue weighted by Gasteiger charge is -2.32. The lowest BCUT2D eigenvalue weighted by atomic mass is 10.0. The summed E-state index contributed by atoms with van der Waals surface area (Å²) in [6.45, 7) is 8.50. The highest BCUT2D eigenvalue weighted by atomic mass is 16.2. The fourth-order valence-corrected chi connectivity index (χ4v) is 1.94. The molecule has 1 aliphatic heterocycles. The van der Waals surface area contributed by atoms with Gasteiger partial charge in [0.05, 0.1) is 6.54 Å². The quantitative estimate of drug-likeness (QED) is 0.744. The number of hydrogen-bond acceptors (Lipinski definition) is 3. The van der Waals surface area contributed by atoms with Gasteiger partial charge in [0, 0.05) is 18.1 Å². The molecule has 0 aromatic carbocycles. The molecule has 1 amide bonds. The van der Waals surface area contributed by atoms with Crippen LogP contribution in [0.2, 0.25) is 0 Å². The maximum Gasteiger partial charge on any atom is 0.234 e. The van der Waals surface area contributed by atoms with Gasteiger partial charge >= 0.3 is 0 Å². The number of nitrogens with two attached hydrogens (primary N) is 1. The molecule has 1 rings (SSSR count). The van der Waals surface area contributed by atoms with E-state index >= 15 is 0 Å². The zero-order chi connectivity index (χ0) is 12.2. The third-order valence-corrected chi connectivity index (χ3v) is 3.27. The number of nitrogens with zero attached hydrogens (tertiary/aromatic N) is 1. The third kappa shape index (κ3) is 4.49. The van der Waals surface area contributed by atoms with Crippen LogP contribution in [0.4, 0.5) is 0 Å². The highest BCUT2D eigenvalue weighted by Crippen LogP contribution is 2.09. The van der Waals surface area contributed by atoms with Crippen molar-refractivity contribution in [3.63, 3.8) is 0 Å². The SMILES string of the molecule is CCC(C)(C)NC(=O)CN1CCC[C@@H](N)C1. The maximum atomic E-state index is 11.8. The predicted molar refractivity (Wildman–Crippen MR) is 66.2 cm³/mol. The normalized spacial score (nSPS) is 23.1. The molecule has 4 heteroatoms. The first kappa shape index (κ1) is 13.5. The molecule has 0 aromatic rings. The smallest absolute Gasteiger partial charge is 0.234 e. The Morgan fingerprint density at radius 1 is 1.56 bits per heavy atom. The highest BCUT2D eigenvalue weighted by Gasteiger charge is 2.22. The van der Waals surface area contributed by atoms with E-state index in [0.29, 0.717) is 6.54 Å². The van der Waals surface area contributed by atoms with Crippen molar-refractivity contribution in [2.45, 2.75) is 51.6 Å². The summed E-state index contributed by atoms with van der Waals surface area (Å²) in [5.74, 6) is 0.112. The lowest BCUT2D eigenvalue weighted by molar-refractivity contribution is -0.124. The molecule has 1 saturated heterocycles. The van der Waals surface area contributed by atoms with Gasteiger partial charge in [-0.05, 0) is 39.7 Å². The van der Waals surface area contributed by atoms with Crippen LogP contribution >= 0.6 is 0 Å². The first-order valence-corrected chi connectivity index (χ1v) is 6.22. The van der Waals surface area contributed by atoms with E-state index in [1.165, 1.54) is 0 Å². The summed E-state index contributed by atoms with van der Waals surface area (Å²) in [7, 11) is 0. The van der Waals surface area contributed by atoms with Gasteiger partial charge in [0.15, 0.2) is 0 Å². The average molecular weight is 227 g/mol. The Bertz CT molecular complexity index is 240. The van der Waals surface area contributed by atoms with Crippen LogP contribution in [0.25, 0.3) is 0 Å². The third-order valence-electron chi connectivity index (χ3n) is 3.27. The minimum absolute atomic E-state index is 0.102. The van der Waals surface area contributed by atoms with Gasteiger partial charge < -0.3 is 11.1 Å². The minimum Gasteiger partial charge on any atom is -0.350 e. The molecule has 16 heavy (non-hydrogen) atoms. The van der Waals surface area contributed by atoms with Gasteiger partial charge in [0.25, 0.3) is 0 Å². The van der Waals surface area contributed by atoms with Gasteiger partial charge in [0.2, 0.25) is 5.91 Å². The first-order chi connectivity index (χ1) is 7.43. The van der Waals surface area contributed by atoms with Gasteiger partial charge in [0.1, 0.15) is 0 Å². The van der Waals surface area contributed by atoms with E-state index in [-0.39, 0.29) is 17.5 Å². The zero-order valence-electron chi connectivity index (χ0n) is 10.8. The molecule has 0 spiro atoms. The largest absolute Gasteiger partial charge is 0.350 e. The fourth-order valence-electron chi connectivity index (χ4n) is 1.94. The van der Waals surface area contributed by atoms with Crippen molar-refractivity contribution in [1.82, 2.24) is 10.2 Å². The van der Waals surface area contributed by atoms with Crippen LogP contribution in [0, 0.1) is 0 Å². The number of likely N-dealkylation sites (tertiary alicyclic amines) is 1. The number of amides is 1. The summed E-state index contributed by atoms with van der Waals surface area (Å²) in [4.78, 5) is 13.9. The molecule has 0 radical (unpaired) electrons. The second-order valence-corrected chi connectivity index (χ2v) is 5.42. The lowest BCUT2D eigenvalue weighted by Crippen LogP contribution is -2.50. The number of carbonyl (C=O) groups is 1. The summed E-state index contributed by atoms with van der Waals surface area (Å²) in [6.07, 6.45) is 3.13. The average Bonchev–Trinajstić information content (AvgIpc) is 2.16. The Morgan fingerprint density at radius 2 is 2.25 bits per heavy atom. The van der Waals surface area contributed by atoms with Crippen LogP contribution in [-0.4, -0.2) is 42.0 Å². The van der Waals surface area contributed by atoms with Crippen molar-refractivity contribution in [1.29, 1.82) is 0 Å². The van der Waals surface area contributed by atoms with E-state index in [1.54, 1.807) is 0 Å². The number of piperidine rings is 1. The van der Waals surface area contributed by atoms with E-state index in [1.807, 2.05) is 13.8 Å². The van der Waals surface area contributed by atoms with Crippen LogP contribution in [0.1, 0.15) is 40.0 Å². The molecule has 3 N–H and O–H groups in total. The Labute approximate surface area is 98.6 Å². The molecule has 1 heterocycles. The van der Waals surface area contributed by atoms with Crippen LogP contribution in [0.15, 0.2) is 0 Å². The standard InChI is InChI=1S/C12H25N3O/c1-4-12(2,3)14-11(16)9-15-7-5-6-10(13)8-15/h10H,4-9,13H2,1-3H3,(H,14,16)/t10-/m1/s1. The van der Waals surface area contributed by atoms with Gasteiger partial charge in [-0.15, -0.1) is 0 Å². The molecule has 0 aliphatic carbocycles. The molecule has 1 aliphatic rings. The molecule has 4 nitrogen and oxygen atoms in total. The van der Waals surface area contributed by atoms with Crippen LogP contribution in [0.3, 0.4) is 0 Å². The number of hydrogen-bond donors (Lipinski definition) is 2. The number of rotatable bonds is 4. The topological polar surface area (TPSA) is 58.4 Å². The maximum absolute atomic E-state index is 11.8. The van der Waals surface area contributed by atoms with Crippen molar-refractivity contribution in [2.75, 3.05) is 19.6 Å². The van der Waals surface area contributed by atoms with Crippen molar-refractivity contribution in [2.24, 2.45) is 5.73 Å². The predicted octanol–water partition coefficient (Wildman–Crippen LogP) is 0.714. The van der Waals surface area contributed by atoms with Crippen molar-refractivity contribution < 1.29 is 4.79 Å². The van der Waals surface area contributed by atoms with E-state index in [0.717, 1.165) is 32.4 Å². The fraction of sp³-hybridized carbons (Fsp3) is 0.917. The Kier molecular flexibility index (Phi) is 4.74. The molecule has 0 unspecified atom stereocenters. The van der Waals surface area contributed by atoms with Crippen molar-refractivity contribution >= 4 is 5.91 Å². The number of nitrogens with one attached hydrogen (secondary N) is 1. The molecule has 0 bridgehead atoms. The van der Waals surface area contributed by atoms with Crippen molar-refractivity contribution in [3.05, 3.63) is 0 Å². The zero-order valence-corrected chi connectivity index (χ0v) is 10.8. The highest BCUT2D eigenvalue weighted by molar-refractivity contribution is 5.78. The molecule has 1 atom stereocenters. The molecule has 0 aromatic heterocycles. The molecular weight excluding hydrogens is 202 g/mol. The van der Waals surface area contributed by atoms with Gasteiger partial charge in [-0.3, -0.25) is 9.69 Å². The summed E-state index contributed by atoms with van der Waals surface area (Å²) >= 11 is 0. The van der Waals surface area contributed by atoms with Gasteiger partial charge in [-0.25, -0.2) is 0 Å². The van der Waals surface area contributed by atoms with Gasteiger partial charge in [-0.2, -0.15) is 0 Å². The Morgan fingerprint density at radius 3 is 2.81 bits per heavy atom. The molecule has 0 saturated carbocycles. The van der Waals surface area contributed by atoms with E-state index in [2.05, 4.69) is 17.1 Å². The van der Waals surface area contributed by atoms with E-state index in [4.69, 9.17) is 5.73 Å². The summed E-state index contributed by atoms with van der Waals surface area (Å²) < 4.78 is 0. The summed E-state index contributed by atoms with van der Waals surface area (Å²) in [5, 5.41) is 3.05. The van der Waals surface area contributed by atoms with Crippen molar-refractivity contribution in [3.8, 4) is 0 Å². The van der Waals surface area contributed by atoms with Crippen LogP contribution in [0.5, 0.6) is 0 Å². The van der Waals surface area contributed by atoms with E-state index in [9.17, 15) is 4.79 Å². The van der Waals surface area contributed by atoms with Crippen LogP contribution < -0.4 is 11.1 Å². The second-order valence-electron chi connectivity index (χ2n) is 5.42. The van der Waals surface area contributed by atoms with E-state index < -0.39 is 0 Å². The summed E-state index contributed by atoms with van der Waals surface area (Å²) in [6, 6.07) is 0.237. The first-order valence-electron chi connectivity index (χ1n) is 6.22. The monoisotopic (exact) mass is 227 g/mol.